The van der Waals surface area contributed by atoms with Crippen LogP contribution in [0.5, 0.6) is 11.5 Å². The predicted octanol–water partition coefficient (Wildman–Crippen LogP) is 3.54. The number of likely N-dealkylation sites (tertiary alicyclic amines) is 1. The van der Waals surface area contributed by atoms with Crippen molar-refractivity contribution in [1.82, 2.24) is 14.8 Å². The standard InChI is InChI=1S/C19H22ClN3O3S/c1-22(11-18-21-5-7-27-18)14-2-3-19(24)23(6-4-14)10-13-8-16-17(9-15(13)20)26-12-25-16/h5,7-9,14H,2-4,6,10-12H2,1H3/t14-/m1/s1. The Balaban J connectivity index is 1.41. The molecule has 27 heavy (non-hydrogen) atoms. The minimum absolute atomic E-state index is 0.175. The number of hydrogen-bond donors (Lipinski definition) is 0. The summed E-state index contributed by atoms with van der Waals surface area (Å²) >= 11 is 8.05. The smallest absolute Gasteiger partial charge is 0.231 e. The minimum Gasteiger partial charge on any atom is -0.454 e. The zero-order chi connectivity index (χ0) is 18.8. The van der Waals surface area contributed by atoms with Crippen molar-refractivity contribution in [3.8, 4) is 11.5 Å². The second-order valence-corrected chi connectivity index (χ2v) is 8.32. The average molecular weight is 408 g/mol. The Bertz CT molecular complexity index is 815. The van der Waals surface area contributed by atoms with Gasteiger partial charge in [0, 0.05) is 48.2 Å². The molecule has 4 rings (SSSR count). The molecule has 1 aromatic heterocycles. The number of benzene rings is 1. The third-order valence-electron chi connectivity index (χ3n) is 5.17. The van der Waals surface area contributed by atoms with E-state index >= 15 is 0 Å². The van der Waals surface area contributed by atoms with E-state index in [9.17, 15) is 4.79 Å². The first-order chi connectivity index (χ1) is 13.1. The maximum Gasteiger partial charge on any atom is 0.231 e. The molecule has 1 atom stereocenters. The lowest BCUT2D eigenvalue weighted by atomic mass is 10.1. The molecule has 0 radical (unpaired) electrons. The molecular weight excluding hydrogens is 386 g/mol. The molecule has 0 unspecified atom stereocenters. The van der Waals surface area contributed by atoms with E-state index in [4.69, 9.17) is 21.1 Å². The monoisotopic (exact) mass is 407 g/mol. The molecule has 2 aliphatic heterocycles. The SMILES string of the molecule is CN(Cc1nccs1)[C@@H]1CCC(=O)N(Cc2cc3c(cc2Cl)OCO3)CC1. The van der Waals surface area contributed by atoms with Crippen LogP contribution in [0.15, 0.2) is 23.7 Å². The quantitative estimate of drug-likeness (QED) is 0.758. The number of ether oxygens (including phenoxy) is 2. The Kier molecular flexibility index (Phi) is 5.52. The maximum absolute atomic E-state index is 12.6. The number of halogens is 1. The van der Waals surface area contributed by atoms with Crippen molar-refractivity contribution < 1.29 is 14.3 Å². The second kappa shape index (κ2) is 8.04. The van der Waals surface area contributed by atoms with Gasteiger partial charge in [-0.1, -0.05) is 11.6 Å². The average Bonchev–Trinajstić information content (AvgIpc) is 3.28. The summed E-state index contributed by atoms with van der Waals surface area (Å²) in [7, 11) is 2.11. The van der Waals surface area contributed by atoms with E-state index in [0.717, 1.165) is 36.5 Å². The molecule has 0 bridgehead atoms. The molecule has 1 aromatic carbocycles. The fourth-order valence-electron chi connectivity index (χ4n) is 3.59. The Morgan fingerprint density at radius 3 is 2.93 bits per heavy atom. The van der Waals surface area contributed by atoms with Crippen molar-refractivity contribution >= 4 is 28.8 Å². The summed E-state index contributed by atoms with van der Waals surface area (Å²) in [6, 6.07) is 4.02. The summed E-state index contributed by atoms with van der Waals surface area (Å²) in [6.45, 7) is 2.25. The van der Waals surface area contributed by atoms with E-state index in [1.54, 1.807) is 17.4 Å². The Labute approximate surface area is 167 Å². The van der Waals surface area contributed by atoms with E-state index in [2.05, 4.69) is 16.9 Å². The zero-order valence-electron chi connectivity index (χ0n) is 15.2. The fourth-order valence-corrected chi connectivity index (χ4v) is 4.48. The molecule has 1 amide bonds. The fraction of sp³-hybridized carbons (Fsp3) is 0.474. The summed E-state index contributed by atoms with van der Waals surface area (Å²) < 4.78 is 10.8. The van der Waals surface area contributed by atoms with E-state index < -0.39 is 0 Å². The van der Waals surface area contributed by atoms with E-state index in [0.29, 0.717) is 35.5 Å². The zero-order valence-corrected chi connectivity index (χ0v) is 16.8. The van der Waals surface area contributed by atoms with Crippen LogP contribution in [0.2, 0.25) is 5.02 Å². The van der Waals surface area contributed by atoms with Crippen LogP contribution < -0.4 is 9.47 Å². The van der Waals surface area contributed by atoms with Crippen LogP contribution in [0.25, 0.3) is 0 Å². The molecule has 0 N–H and O–H groups in total. The summed E-state index contributed by atoms with van der Waals surface area (Å²) in [5, 5.41) is 3.71. The lowest BCUT2D eigenvalue weighted by Crippen LogP contribution is -2.33. The number of thiazole rings is 1. The van der Waals surface area contributed by atoms with Crippen LogP contribution in [-0.2, 0) is 17.9 Å². The first-order valence-corrected chi connectivity index (χ1v) is 10.3. The van der Waals surface area contributed by atoms with Crippen LogP contribution in [0.4, 0.5) is 0 Å². The van der Waals surface area contributed by atoms with Gasteiger partial charge in [-0.05, 0) is 31.5 Å². The van der Waals surface area contributed by atoms with Crippen molar-refractivity contribution in [1.29, 1.82) is 0 Å². The van der Waals surface area contributed by atoms with Gasteiger partial charge in [0.05, 0.1) is 6.54 Å². The highest BCUT2D eigenvalue weighted by molar-refractivity contribution is 7.09. The van der Waals surface area contributed by atoms with Crippen LogP contribution >= 0.6 is 22.9 Å². The van der Waals surface area contributed by atoms with Crippen LogP contribution in [0.3, 0.4) is 0 Å². The highest BCUT2D eigenvalue weighted by atomic mass is 35.5. The van der Waals surface area contributed by atoms with Gasteiger partial charge in [0.1, 0.15) is 5.01 Å². The number of hydrogen-bond acceptors (Lipinski definition) is 6. The number of fused-ring (bicyclic) bond motifs is 1. The molecule has 0 aliphatic carbocycles. The summed E-state index contributed by atoms with van der Waals surface area (Å²) in [5.41, 5.74) is 0.892. The molecule has 6 nitrogen and oxygen atoms in total. The van der Waals surface area contributed by atoms with Crippen molar-refractivity contribution in [2.24, 2.45) is 0 Å². The molecule has 144 valence electrons. The third-order valence-corrected chi connectivity index (χ3v) is 6.29. The van der Waals surface area contributed by atoms with Crippen molar-refractivity contribution in [3.63, 3.8) is 0 Å². The van der Waals surface area contributed by atoms with Crippen molar-refractivity contribution in [2.75, 3.05) is 20.4 Å². The van der Waals surface area contributed by atoms with Crippen molar-refractivity contribution in [2.45, 2.75) is 38.4 Å². The largest absolute Gasteiger partial charge is 0.454 e. The number of carbonyl (C=O) groups excluding carboxylic acids is 1. The van der Waals surface area contributed by atoms with Gasteiger partial charge >= 0.3 is 0 Å². The Hall–Kier alpha value is -1.83. The van der Waals surface area contributed by atoms with Crippen molar-refractivity contribution in [3.05, 3.63) is 39.3 Å². The highest BCUT2D eigenvalue weighted by Crippen LogP contribution is 2.37. The number of rotatable bonds is 5. The van der Waals surface area contributed by atoms with Crippen LogP contribution in [0.1, 0.15) is 29.8 Å². The molecule has 1 saturated heterocycles. The van der Waals surface area contributed by atoms with Crippen LogP contribution in [0, 0.1) is 0 Å². The van der Waals surface area contributed by atoms with Crippen LogP contribution in [-0.4, -0.2) is 47.1 Å². The Morgan fingerprint density at radius 2 is 2.15 bits per heavy atom. The van der Waals surface area contributed by atoms with E-state index in [1.807, 2.05) is 22.5 Å². The summed E-state index contributed by atoms with van der Waals surface area (Å²) in [4.78, 5) is 21.2. The lowest BCUT2D eigenvalue weighted by molar-refractivity contribution is -0.131. The molecular formula is C19H22ClN3O3S. The number of carbonyl (C=O) groups is 1. The topological polar surface area (TPSA) is 54.9 Å². The van der Waals surface area contributed by atoms with Gasteiger partial charge in [-0.15, -0.1) is 11.3 Å². The van der Waals surface area contributed by atoms with Gasteiger partial charge in [0.15, 0.2) is 11.5 Å². The molecule has 1 fully saturated rings. The third kappa shape index (κ3) is 4.20. The molecule has 8 heteroatoms. The van der Waals surface area contributed by atoms with Gasteiger partial charge in [-0.25, -0.2) is 4.98 Å². The van der Waals surface area contributed by atoms with Gasteiger partial charge in [0.2, 0.25) is 12.7 Å². The minimum atomic E-state index is 0.175. The van der Waals surface area contributed by atoms with Gasteiger partial charge in [0.25, 0.3) is 0 Å². The molecule has 0 saturated carbocycles. The molecule has 2 aromatic rings. The maximum atomic E-state index is 12.6. The second-order valence-electron chi connectivity index (χ2n) is 6.93. The summed E-state index contributed by atoms with van der Waals surface area (Å²) in [5.74, 6) is 1.53. The normalized spacial score (nSPS) is 19.6. The molecule has 2 aliphatic rings. The van der Waals surface area contributed by atoms with Gasteiger partial charge < -0.3 is 14.4 Å². The molecule has 0 spiro atoms. The number of nitrogens with zero attached hydrogens (tertiary/aromatic N) is 3. The summed E-state index contributed by atoms with van der Waals surface area (Å²) in [6.07, 6.45) is 4.19. The Morgan fingerprint density at radius 1 is 1.33 bits per heavy atom. The highest BCUT2D eigenvalue weighted by Gasteiger charge is 2.26. The number of aromatic nitrogens is 1. The van der Waals surface area contributed by atoms with E-state index in [-0.39, 0.29) is 12.7 Å². The van der Waals surface area contributed by atoms with Gasteiger partial charge in [-0.3, -0.25) is 9.69 Å². The lowest BCUT2D eigenvalue weighted by Gasteiger charge is -2.26. The van der Waals surface area contributed by atoms with E-state index in [1.165, 1.54) is 0 Å². The first-order valence-electron chi connectivity index (χ1n) is 9.04. The number of amides is 1. The van der Waals surface area contributed by atoms with Gasteiger partial charge in [-0.2, -0.15) is 0 Å². The first kappa shape index (κ1) is 18.5. The predicted molar refractivity (Wildman–Crippen MR) is 104 cm³/mol. The molecule has 3 heterocycles.